The smallest absolute Gasteiger partial charge is 0.255 e. The number of ether oxygens (including phenoxy) is 1. The van der Waals surface area contributed by atoms with Crippen LogP contribution in [0.3, 0.4) is 0 Å². The molecule has 5 aliphatic rings. The zero-order valence-corrected chi connectivity index (χ0v) is 33.4. The number of rotatable bonds is 9. The van der Waals surface area contributed by atoms with Gasteiger partial charge in [0.2, 0.25) is 0 Å². The van der Waals surface area contributed by atoms with Gasteiger partial charge in [0.15, 0.2) is 5.78 Å². The van der Waals surface area contributed by atoms with Crippen LogP contribution in [0.5, 0.6) is 11.5 Å². The lowest BCUT2D eigenvalue weighted by Crippen LogP contribution is -2.47. The number of Topliss-reactive ketones (excluding diaryl/α,β-unsaturated/α-hetero) is 1. The van der Waals surface area contributed by atoms with Crippen LogP contribution in [-0.4, -0.2) is 85.6 Å². The number of amides is 1. The molecule has 0 aromatic heterocycles. The average molecular weight is 765 g/mol. The summed E-state index contributed by atoms with van der Waals surface area (Å²) >= 11 is 0. The van der Waals surface area contributed by atoms with Gasteiger partial charge in [0, 0.05) is 75.1 Å². The van der Waals surface area contributed by atoms with Gasteiger partial charge >= 0.3 is 0 Å². The summed E-state index contributed by atoms with van der Waals surface area (Å²) in [5.41, 5.74) is 10.5. The molecule has 8 heteroatoms. The average Bonchev–Trinajstić information content (AvgIpc) is 3.57. The number of phenolic OH excluding ortho intramolecular Hbond substituents is 1. The van der Waals surface area contributed by atoms with Gasteiger partial charge in [-0.15, -0.1) is 0 Å². The Bertz CT molecular complexity index is 2110. The molecule has 3 fully saturated rings. The van der Waals surface area contributed by atoms with E-state index in [2.05, 4.69) is 88.0 Å². The van der Waals surface area contributed by atoms with Crippen molar-refractivity contribution in [3.63, 3.8) is 0 Å². The number of ketones is 1. The number of piperazine rings is 1. The number of hydrogen-bond acceptors (Lipinski definition) is 7. The van der Waals surface area contributed by atoms with Crippen LogP contribution < -0.4 is 14.5 Å². The third-order valence-corrected chi connectivity index (χ3v) is 13.8. The van der Waals surface area contributed by atoms with Gasteiger partial charge in [-0.25, -0.2) is 0 Å². The molecule has 0 spiro atoms. The molecular weight excluding hydrogens is 709 g/mol. The largest absolute Gasteiger partial charge is 0.508 e. The molecule has 8 nitrogen and oxygen atoms in total. The summed E-state index contributed by atoms with van der Waals surface area (Å²) in [7, 11) is 1.72. The molecule has 1 amide bonds. The Morgan fingerprint density at radius 3 is 2.19 bits per heavy atom. The molecule has 9 rings (SSSR count). The molecule has 3 atom stereocenters. The molecular formula is C49H56N4O4. The van der Waals surface area contributed by atoms with Crippen LogP contribution in [0.4, 0.5) is 11.4 Å². The van der Waals surface area contributed by atoms with E-state index in [9.17, 15) is 14.7 Å². The summed E-state index contributed by atoms with van der Waals surface area (Å²) in [5.74, 6) is 2.70. The van der Waals surface area contributed by atoms with E-state index in [4.69, 9.17) is 4.74 Å². The summed E-state index contributed by atoms with van der Waals surface area (Å²) in [6, 6.07) is 29.8. The fourth-order valence-electron chi connectivity index (χ4n) is 10.5. The fraction of sp³-hybridized carbons (Fsp3) is 0.429. The summed E-state index contributed by atoms with van der Waals surface area (Å²) in [5, 5.41) is 10.3. The Kier molecular flexibility index (Phi) is 10.6. The highest BCUT2D eigenvalue weighted by atomic mass is 16.5. The first-order chi connectivity index (χ1) is 27.8. The van der Waals surface area contributed by atoms with Crippen molar-refractivity contribution >= 4 is 23.1 Å². The molecule has 4 aromatic carbocycles. The Labute approximate surface area is 337 Å². The Morgan fingerprint density at radius 1 is 0.737 bits per heavy atom. The molecule has 1 N–H and O–H groups in total. The number of hydrogen-bond donors (Lipinski definition) is 1. The molecule has 1 saturated carbocycles. The Morgan fingerprint density at radius 2 is 1.46 bits per heavy atom. The number of methoxy groups -OCH3 is 1. The van der Waals surface area contributed by atoms with E-state index < -0.39 is 0 Å². The van der Waals surface area contributed by atoms with Gasteiger partial charge in [-0.3, -0.25) is 14.5 Å². The predicted molar refractivity (Wildman–Crippen MR) is 227 cm³/mol. The number of fused-ring (bicyclic) bond motifs is 2. The van der Waals surface area contributed by atoms with Crippen molar-refractivity contribution < 1.29 is 19.4 Å². The third-order valence-electron chi connectivity index (χ3n) is 13.8. The van der Waals surface area contributed by atoms with E-state index >= 15 is 0 Å². The molecule has 3 heterocycles. The number of anilines is 2. The van der Waals surface area contributed by atoms with Crippen LogP contribution in [0.2, 0.25) is 0 Å². The lowest BCUT2D eigenvalue weighted by Gasteiger charge is -2.38. The highest BCUT2D eigenvalue weighted by Gasteiger charge is 2.38. The molecule has 2 aliphatic carbocycles. The molecule has 0 bridgehead atoms. The van der Waals surface area contributed by atoms with Crippen molar-refractivity contribution in [2.75, 3.05) is 62.7 Å². The van der Waals surface area contributed by atoms with Crippen LogP contribution in [0.25, 0.3) is 0 Å². The number of piperidine rings is 1. The first-order valence-electron chi connectivity index (χ1n) is 21.2. The number of benzene rings is 4. The zero-order valence-electron chi connectivity index (χ0n) is 33.4. The first kappa shape index (κ1) is 37.5. The van der Waals surface area contributed by atoms with Crippen LogP contribution in [0, 0.1) is 5.92 Å². The van der Waals surface area contributed by atoms with E-state index in [1.165, 1.54) is 52.9 Å². The molecule has 2 saturated heterocycles. The quantitative estimate of drug-likeness (QED) is 0.172. The van der Waals surface area contributed by atoms with Gasteiger partial charge in [0.1, 0.15) is 11.5 Å². The standard InChI is InChI=1S/C49H56N4O4/c1-33-3-18-46(47(55)29-33)53-32-38-30-40(11-16-45(38)49(53)56)52-27-25-50(26-28-52)22-19-34-20-23-51(24-21-34)39-9-4-36(5-10-39)48-43(35-6-13-42(57-2)14-7-35)15-8-37-31-41(54)12-17-44(37)48/h4-7,9-14,16-17,30-31,34,43,46,48,54H,1,3,8,15,18-29,32H2,2H3/t43-,46?,48+/m1/s1. The van der Waals surface area contributed by atoms with Crippen LogP contribution >= 0.6 is 0 Å². The minimum absolute atomic E-state index is 0.000340. The van der Waals surface area contributed by atoms with Crippen LogP contribution in [0.1, 0.15) is 95.0 Å². The summed E-state index contributed by atoms with van der Waals surface area (Å²) in [6.45, 7) is 12.0. The van der Waals surface area contributed by atoms with Gasteiger partial charge < -0.3 is 24.5 Å². The Hall–Kier alpha value is -5.08. The zero-order chi connectivity index (χ0) is 39.0. The number of carbonyl (C=O) groups excluding carboxylic acids is 2. The minimum atomic E-state index is -0.315. The van der Waals surface area contributed by atoms with Gasteiger partial charge in [0.25, 0.3) is 5.91 Å². The molecule has 296 valence electrons. The summed E-state index contributed by atoms with van der Waals surface area (Å²) < 4.78 is 5.45. The van der Waals surface area contributed by atoms with Crippen LogP contribution in [-0.2, 0) is 17.8 Å². The monoisotopic (exact) mass is 764 g/mol. The van der Waals surface area contributed by atoms with Crippen molar-refractivity contribution in [2.45, 2.75) is 75.8 Å². The number of aromatic hydroxyl groups is 1. The van der Waals surface area contributed by atoms with E-state index in [1.54, 1.807) is 12.0 Å². The molecule has 4 aromatic rings. The highest BCUT2D eigenvalue weighted by molar-refractivity contribution is 6.02. The van der Waals surface area contributed by atoms with Gasteiger partial charge in [-0.2, -0.15) is 0 Å². The SMILES string of the molecule is C=C1CCC(N2Cc3cc(N4CCN(CCC5CCN(c6ccc([C@@H]7c8ccc(O)cc8CC[C@@H]7c7ccc(OC)cc7)cc6)CC5)CC4)ccc3C2=O)C(=O)C1. The number of carbonyl (C=O) groups is 2. The molecule has 57 heavy (non-hydrogen) atoms. The number of nitrogens with zero attached hydrogens (tertiary/aromatic N) is 4. The predicted octanol–water partition coefficient (Wildman–Crippen LogP) is 8.33. The second-order valence-electron chi connectivity index (χ2n) is 17.1. The molecule has 1 unspecified atom stereocenters. The van der Waals surface area contributed by atoms with Gasteiger partial charge in [-0.05, 0) is 146 Å². The topological polar surface area (TPSA) is 76.6 Å². The van der Waals surface area contributed by atoms with E-state index in [-0.39, 0.29) is 23.7 Å². The van der Waals surface area contributed by atoms with E-state index in [0.29, 0.717) is 31.1 Å². The van der Waals surface area contributed by atoms with E-state index in [1.807, 2.05) is 18.2 Å². The lowest BCUT2D eigenvalue weighted by molar-refractivity contribution is -0.124. The highest BCUT2D eigenvalue weighted by Crippen LogP contribution is 2.47. The maximum absolute atomic E-state index is 13.2. The van der Waals surface area contributed by atoms with Gasteiger partial charge in [-0.1, -0.05) is 42.5 Å². The lowest BCUT2D eigenvalue weighted by atomic mass is 9.69. The van der Waals surface area contributed by atoms with Crippen LogP contribution in [0.15, 0.2) is 97.1 Å². The number of phenols is 1. The number of aryl methyl sites for hydroxylation is 1. The maximum atomic E-state index is 13.2. The fourth-order valence-corrected chi connectivity index (χ4v) is 10.5. The first-order valence-corrected chi connectivity index (χ1v) is 21.2. The minimum Gasteiger partial charge on any atom is -0.508 e. The maximum Gasteiger partial charge on any atom is 0.255 e. The van der Waals surface area contributed by atoms with Crippen molar-refractivity contribution in [3.8, 4) is 11.5 Å². The third kappa shape index (κ3) is 7.69. The molecule has 3 aliphatic heterocycles. The summed E-state index contributed by atoms with van der Waals surface area (Å²) in [6.07, 6.45) is 7.61. The number of allylic oxidation sites excluding steroid dienone is 1. The second kappa shape index (κ2) is 16.0. The second-order valence-corrected chi connectivity index (χ2v) is 17.1. The Balaban J connectivity index is 0.761. The van der Waals surface area contributed by atoms with Crippen molar-refractivity contribution in [1.29, 1.82) is 0 Å². The van der Waals surface area contributed by atoms with E-state index in [0.717, 1.165) is 93.4 Å². The summed E-state index contributed by atoms with van der Waals surface area (Å²) in [4.78, 5) is 35.4. The van der Waals surface area contributed by atoms with Crippen molar-refractivity contribution in [2.24, 2.45) is 5.92 Å². The molecule has 0 radical (unpaired) electrons. The van der Waals surface area contributed by atoms with Crippen molar-refractivity contribution in [1.82, 2.24) is 9.80 Å². The van der Waals surface area contributed by atoms with Crippen molar-refractivity contribution in [3.05, 3.63) is 130 Å². The van der Waals surface area contributed by atoms with Gasteiger partial charge in [0.05, 0.1) is 13.2 Å². The normalized spacial score (nSPS) is 23.1.